The molecule has 2 heterocycles. The summed E-state index contributed by atoms with van der Waals surface area (Å²) in [6.07, 6.45) is -0.632. The number of rotatable bonds is 6. The van der Waals surface area contributed by atoms with E-state index in [0.717, 1.165) is 11.1 Å². The Bertz CT molecular complexity index is 1130. The van der Waals surface area contributed by atoms with Crippen molar-refractivity contribution in [1.82, 2.24) is 4.90 Å². The fraction of sp³-hybridized carbons (Fsp3) is 0.250. The van der Waals surface area contributed by atoms with Crippen molar-refractivity contribution in [2.24, 2.45) is 0 Å². The molecule has 0 aliphatic carbocycles. The van der Waals surface area contributed by atoms with Gasteiger partial charge in [-0.15, -0.1) is 11.3 Å². The van der Waals surface area contributed by atoms with Gasteiger partial charge in [-0.2, -0.15) is 0 Å². The van der Waals surface area contributed by atoms with Crippen LogP contribution in [0.15, 0.2) is 53.9 Å². The predicted octanol–water partition coefficient (Wildman–Crippen LogP) is 4.33. The summed E-state index contributed by atoms with van der Waals surface area (Å²) in [5.74, 6) is 1.67. The minimum atomic E-state index is -0.632. The third-order valence-corrected chi connectivity index (χ3v) is 6.11. The molecule has 3 aromatic rings. The molecule has 0 saturated carbocycles. The zero-order valence-corrected chi connectivity index (χ0v) is 18.9. The number of nitrogens with zero attached hydrogens (tertiary/aromatic N) is 1. The van der Waals surface area contributed by atoms with E-state index in [-0.39, 0.29) is 11.8 Å². The van der Waals surface area contributed by atoms with E-state index in [4.69, 9.17) is 14.2 Å². The van der Waals surface area contributed by atoms with Crippen LogP contribution in [0.3, 0.4) is 0 Å². The first kappa shape index (κ1) is 21.7. The van der Waals surface area contributed by atoms with Crippen molar-refractivity contribution < 1.29 is 23.8 Å². The monoisotopic (exact) mass is 452 g/mol. The van der Waals surface area contributed by atoms with Crippen LogP contribution in [0.4, 0.5) is 5.69 Å². The van der Waals surface area contributed by atoms with Crippen molar-refractivity contribution in [3.05, 3.63) is 69.9 Å². The molecule has 4 rings (SSSR count). The Morgan fingerprint density at radius 3 is 2.75 bits per heavy atom. The van der Waals surface area contributed by atoms with Crippen molar-refractivity contribution in [2.75, 3.05) is 19.5 Å². The molecule has 0 bridgehead atoms. The molecular formula is C24H24N2O5S. The van der Waals surface area contributed by atoms with Gasteiger partial charge in [0.15, 0.2) is 6.10 Å². The van der Waals surface area contributed by atoms with Gasteiger partial charge in [0.05, 0.1) is 19.1 Å². The normalized spacial score (nSPS) is 15.4. The lowest BCUT2D eigenvalue weighted by atomic mass is 10.1. The molecule has 0 saturated heterocycles. The third-order valence-electron chi connectivity index (χ3n) is 5.24. The molecule has 7 nitrogen and oxygen atoms in total. The Hall–Kier alpha value is -3.52. The van der Waals surface area contributed by atoms with E-state index in [1.807, 2.05) is 29.6 Å². The summed E-state index contributed by atoms with van der Waals surface area (Å²) in [5.41, 5.74) is 2.33. The second kappa shape index (κ2) is 9.32. The van der Waals surface area contributed by atoms with Crippen molar-refractivity contribution in [3.63, 3.8) is 0 Å². The maximum Gasteiger partial charge on any atom is 0.265 e. The lowest BCUT2D eigenvalue weighted by molar-refractivity contribution is -0.138. The first-order valence-electron chi connectivity index (χ1n) is 10.1. The van der Waals surface area contributed by atoms with Gasteiger partial charge in [0.1, 0.15) is 17.2 Å². The number of hydrogen-bond acceptors (Lipinski definition) is 6. The fourth-order valence-corrected chi connectivity index (χ4v) is 4.22. The highest BCUT2D eigenvalue weighted by atomic mass is 32.1. The zero-order valence-electron chi connectivity index (χ0n) is 18.1. The van der Waals surface area contributed by atoms with Crippen molar-refractivity contribution in [1.29, 1.82) is 0 Å². The number of fused-ring (bicyclic) bond motifs is 1. The molecule has 166 valence electrons. The molecular weight excluding hydrogens is 428 g/mol. The topological polar surface area (TPSA) is 77.1 Å². The lowest BCUT2D eigenvalue weighted by Crippen LogP contribution is -2.37. The van der Waals surface area contributed by atoms with Gasteiger partial charge in [-0.3, -0.25) is 9.59 Å². The summed E-state index contributed by atoms with van der Waals surface area (Å²) in [7, 11) is 3.18. The average Bonchev–Trinajstić information content (AvgIpc) is 3.31. The van der Waals surface area contributed by atoms with Gasteiger partial charge in [-0.05, 0) is 48.7 Å². The van der Waals surface area contributed by atoms with Crippen LogP contribution in [-0.2, 0) is 17.9 Å². The molecule has 1 aliphatic heterocycles. The van der Waals surface area contributed by atoms with Crippen LogP contribution in [0.1, 0.15) is 27.7 Å². The molecule has 2 aromatic carbocycles. The summed E-state index contributed by atoms with van der Waals surface area (Å²) in [4.78, 5) is 27.8. The first-order chi connectivity index (χ1) is 15.5. The quantitative estimate of drug-likeness (QED) is 0.603. The minimum absolute atomic E-state index is 0.122. The molecule has 1 N–H and O–H groups in total. The van der Waals surface area contributed by atoms with Crippen molar-refractivity contribution in [3.8, 4) is 17.2 Å². The van der Waals surface area contributed by atoms with Crippen LogP contribution in [-0.4, -0.2) is 37.0 Å². The number of thiophene rings is 1. The number of nitrogens with one attached hydrogen (secondary N) is 1. The number of benzene rings is 2. The van der Waals surface area contributed by atoms with Crippen LogP contribution in [0, 0.1) is 0 Å². The maximum atomic E-state index is 13.0. The zero-order chi connectivity index (χ0) is 22.7. The lowest BCUT2D eigenvalue weighted by Gasteiger charge is -2.23. The van der Waals surface area contributed by atoms with Gasteiger partial charge in [0, 0.05) is 36.0 Å². The van der Waals surface area contributed by atoms with Gasteiger partial charge < -0.3 is 24.4 Å². The number of anilines is 1. The van der Waals surface area contributed by atoms with Gasteiger partial charge in [-0.1, -0.05) is 6.07 Å². The van der Waals surface area contributed by atoms with Crippen LogP contribution in [0.2, 0.25) is 0 Å². The van der Waals surface area contributed by atoms with Crippen LogP contribution < -0.4 is 19.5 Å². The first-order valence-corrected chi connectivity index (χ1v) is 11.0. The SMILES string of the molecule is COc1ccc(CN2Cc3cc(NC(=O)c4cccs4)ccc3O[C@H](C)C2=O)c(OC)c1. The number of carbonyl (C=O) groups excluding carboxylic acids is 2. The number of hydrogen-bond donors (Lipinski definition) is 1. The van der Waals surface area contributed by atoms with Gasteiger partial charge in [0.2, 0.25) is 0 Å². The van der Waals surface area contributed by atoms with Gasteiger partial charge >= 0.3 is 0 Å². The number of carbonyl (C=O) groups is 2. The Balaban J connectivity index is 1.59. The highest BCUT2D eigenvalue weighted by molar-refractivity contribution is 7.12. The molecule has 1 aromatic heterocycles. The van der Waals surface area contributed by atoms with Crippen molar-refractivity contribution in [2.45, 2.75) is 26.1 Å². The molecule has 2 amide bonds. The van der Waals surface area contributed by atoms with E-state index in [1.165, 1.54) is 11.3 Å². The van der Waals surface area contributed by atoms with Gasteiger partial charge in [0.25, 0.3) is 11.8 Å². The maximum absolute atomic E-state index is 13.0. The molecule has 1 aliphatic rings. The summed E-state index contributed by atoms with van der Waals surface area (Å²) in [6.45, 7) is 2.43. The Morgan fingerprint density at radius 1 is 1.19 bits per heavy atom. The van der Waals surface area contributed by atoms with Crippen LogP contribution >= 0.6 is 11.3 Å². The smallest absolute Gasteiger partial charge is 0.265 e. The van der Waals surface area contributed by atoms with E-state index in [9.17, 15) is 9.59 Å². The number of ether oxygens (including phenoxy) is 3. The fourth-order valence-electron chi connectivity index (χ4n) is 3.60. The largest absolute Gasteiger partial charge is 0.497 e. The third kappa shape index (κ3) is 4.55. The highest BCUT2D eigenvalue weighted by Crippen LogP contribution is 2.32. The number of amides is 2. The molecule has 0 spiro atoms. The summed E-state index contributed by atoms with van der Waals surface area (Å²) in [5, 5.41) is 4.77. The van der Waals surface area contributed by atoms with E-state index in [0.29, 0.717) is 40.9 Å². The second-order valence-corrected chi connectivity index (χ2v) is 8.33. The highest BCUT2D eigenvalue weighted by Gasteiger charge is 2.29. The minimum Gasteiger partial charge on any atom is -0.497 e. The Kier molecular flexibility index (Phi) is 6.32. The Morgan fingerprint density at radius 2 is 2.03 bits per heavy atom. The standard InChI is InChI=1S/C24H24N2O5S/c1-15-24(28)26(13-16-6-8-19(29-2)12-21(16)30-3)14-17-11-18(7-9-20(17)31-15)25-23(27)22-5-4-10-32-22/h4-12,15H,13-14H2,1-3H3,(H,25,27)/t15-/m1/s1. The molecule has 8 heteroatoms. The summed E-state index contributed by atoms with van der Waals surface area (Å²) in [6, 6.07) is 14.6. The number of methoxy groups -OCH3 is 2. The van der Waals surface area contributed by atoms with Crippen molar-refractivity contribution >= 4 is 28.8 Å². The van der Waals surface area contributed by atoms with E-state index in [1.54, 1.807) is 50.3 Å². The molecule has 0 radical (unpaired) electrons. The summed E-state index contributed by atoms with van der Waals surface area (Å²) >= 11 is 1.38. The van der Waals surface area contributed by atoms with Gasteiger partial charge in [-0.25, -0.2) is 0 Å². The van der Waals surface area contributed by atoms with Crippen LogP contribution in [0.5, 0.6) is 17.2 Å². The van der Waals surface area contributed by atoms with E-state index in [2.05, 4.69) is 5.32 Å². The van der Waals surface area contributed by atoms with Crippen LogP contribution in [0.25, 0.3) is 0 Å². The Labute approximate surface area is 190 Å². The molecule has 1 atom stereocenters. The molecule has 0 fully saturated rings. The van der Waals surface area contributed by atoms with E-state index < -0.39 is 6.10 Å². The second-order valence-electron chi connectivity index (χ2n) is 7.39. The summed E-state index contributed by atoms with van der Waals surface area (Å²) < 4.78 is 16.7. The molecule has 0 unspecified atom stereocenters. The van der Waals surface area contributed by atoms with E-state index >= 15 is 0 Å². The average molecular weight is 453 g/mol. The molecule has 32 heavy (non-hydrogen) atoms. The predicted molar refractivity (Wildman–Crippen MR) is 123 cm³/mol.